The van der Waals surface area contributed by atoms with Gasteiger partial charge in [-0.1, -0.05) is 0 Å². The van der Waals surface area contributed by atoms with E-state index in [9.17, 15) is 23.1 Å². The monoisotopic (exact) mass is 244 g/mol. The highest BCUT2D eigenvalue weighted by Crippen LogP contribution is 2.11. The van der Waals surface area contributed by atoms with Crippen LogP contribution in [0.5, 0.6) is 0 Å². The van der Waals surface area contributed by atoms with E-state index in [1.54, 1.807) is 5.32 Å². The molecule has 0 aliphatic carbocycles. The van der Waals surface area contributed by atoms with E-state index in [2.05, 4.69) is 5.32 Å². The summed E-state index contributed by atoms with van der Waals surface area (Å²) < 4.78 is 35.0. The number of carbonyl (C=O) groups excluding carboxylic acids is 1. The normalized spacial score (nSPS) is 15.6. The van der Waals surface area contributed by atoms with E-state index in [1.807, 2.05) is 0 Å². The Morgan fingerprint density at radius 2 is 1.88 bits per heavy atom. The van der Waals surface area contributed by atoms with Crippen LogP contribution >= 0.6 is 0 Å². The second kappa shape index (κ2) is 6.02. The summed E-state index contributed by atoms with van der Waals surface area (Å²) in [4.78, 5) is 10.8. The van der Waals surface area contributed by atoms with Gasteiger partial charge in [0.1, 0.15) is 6.54 Å². The second-order valence-corrected chi connectivity index (χ2v) is 3.65. The number of halogens is 3. The third-order valence-electron chi connectivity index (χ3n) is 1.62. The van der Waals surface area contributed by atoms with Crippen LogP contribution in [-0.4, -0.2) is 54.1 Å². The largest absolute Gasteiger partial charge is 0.405 e. The Kier molecular flexibility index (Phi) is 5.70. The van der Waals surface area contributed by atoms with Crippen LogP contribution in [0.4, 0.5) is 13.2 Å². The maximum atomic E-state index is 11.7. The molecule has 0 saturated carbocycles. The molecule has 0 rings (SSSR count). The molecule has 96 valence electrons. The molecule has 0 aromatic carbocycles. The average Bonchev–Trinajstić information content (AvgIpc) is 2.13. The highest BCUT2D eigenvalue weighted by molar-refractivity contribution is 5.78. The summed E-state index contributed by atoms with van der Waals surface area (Å²) in [5, 5.41) is 22.0. The lowest BCUT2D eigenvalue weighted by molar-refractivity contribution is -0.138. The molecule has 16 heavy (non-hydrogen) atoms. The van der Waals surface area contributed by atoms with Crippen LogP contribution in [-0.2, 0) is 4.79 Å². The minimum atomic E-state index is -4.44. The molecule has 0 heterocycles. The van der Waals surface area contributed by atoms with Crippen LogP contribution in [0.3, 0.4) is 0 Å². The number of amides is 1. The topological polar surface area (TPSA) is 81.6 Å². The predicted octanol–water partition coefficient (Wildman–Crippen LogP) is -1.00. The molecular weight excluding hydrogens is 229 g/mol. The predicted molar refractivity (Wildman–Crippen MR) is 49.6 cm³/mol. The average molecular weight is 244 g/mol. The van der Waals surface area contributed by atoms with Gasteiger partial charge in [0.05, 0.1) is 18.8 Å². The van der Waals surface area contributed by atoms with Gasteiger partial charge in [0.25, 0.3) is 0 Å². The number of aliphatic hydroxyl groups is 2. The molecule has 8 heteroatoms. The summed E-state index contributed by atoms with van der Waals surface area (Å²) in [6.45, 7) is -1.02. The summed E-state index contributed by atoms with van der Waals surface area (Å²) in [6.07, 6.45) is -4.44. The third-order valence-corrected chi connectivity index (χ3v) is 1.62. The minimum absolute atomic E-state index is 0.0943. The standard InChI is InChI=1S/C8H15F3N2O3/c1-7(16,5-14)3-12-2-6(15)13-4-8(9,10)11/h12,14,16H,2-5H2,1H3,(H,13,15). The molecule has 4 N–H and O–H groups in total. The third kappa shape index (κ3) is 8.45. The van der Waals surface area contributed by atoms with Gasteiger partial charge in [-0.05, 0) is 6.92 Å². The smallest absolute Gasteiger partial charge is 0.393 e. The van der Waals surface area contributed by atoms with Crippen LogP contribution in [0.1, 0.15) is 6.92 Å². The molecule has 0 aliphatic rings. The summed E-state index contributed by atoms with van der Waals surface area (Å²) >= 11 is 0. The molecule has 1 unspecified atom stereocenters. The van der Waals surface area contributed by atoms with Crippen LogP contribution in [0.25, 0.3) is 0 Å². The first-order valence-electron chi connectivity index (χ1n) is 4.54. The van der Waals surface area contributed by atoms with Gasteiger partial charge in [-0.25, -0.2) is 0 Å². The molecular formula is C8H15F3N2O3. The fraction of sp³-hybridized carbons (Fsp3) is 0.875. The molecule has 0 aromatic rings. The van der Waals surface area contributed by atoms with Crippen molar-refractivity contribution in [3.63, 3.8) is 0 Å². The van der Waals surface area contributed by atoms with Gasteiger partial charge in [-0.15, -0.1) is 0 Å². The molecule has 0 aromatic heterocycles. The summed E-state index contributed by atoms with van der Waals surface area (Å²) in [6, 6.07) is 0. The fourth-order valence-corrected chi connectivity index (χ4v) is 0.763. The van der Waals surface area contributed by atoms with Crippen molar-refractivity contribution >= 4 is 5.91 Å². The van der Waals surface area contributed by atoms with Crippen molar-refractivity contribution in [1.82, 2.24) is 10.6 Å². The number of carbonyl (C=O) groups is 1. The quantitative estimate of drug-likeness (QED) is 0.483. The summed E-state index contributed by atoms with van der Waals surface area (Å²) in [5.41, 5.74) is -1.40. The highest BCUT2D eigenvalue weighted by Gasteiger charge is 2.27. The first-order valence-corrected chi connectivity index (χ1v) is 4.54. The van der Waals surface area contributed by atoms with Crippen molar-refractivity contribution in [2.24, 2.45) is 0 Å². The summed E-state index contributed by atoms with van der Waals surface area (Å²) in [5.74, 6) is -0.828. The Morgan fingerprint density at radius 1 is 1.31 bits per heavy atom. The van der Waals surface area contributed by atoms with Gasteiger partial charge in [0.2, 0.25) is 5.91 Å². The minimum Gasteiger partial charge on any atom is -0.393 e. The van der Waals surface area contributed by atoms with Crippen molar-refractivity contribution in [1.29, 1.82) is 0 Å². The van der Waals surface area contributed by atoms with Crippen molar-refractivity contribution < 1.29 is 28.2 Å². The van der Waals surface area contributed by atoms with E-state index in [0.29, 0.717) is 0 Å². The van der Waals surface area contributed by atoms with E-state index in [1.165, 1.54) is 6.92 Å². The lowest BCUT2D eigenvalue weighted by Crippen LogP contribution is -2.45. The number of nitrogens with one attached hydrogen (secondary N) is 2. The second-order valence-electron chi connectivity index (χ2n) is 3.65. The zero-order valence-electron chi connectivity index (χ0n) is 8.76. The lowest BCUT2D eigenvalue weighted by atomic mass is 10.1. The Morgan fingerprint density at radius 3 is 2.31 bits per heavy atom. The Bertz CT molecular complexity index is 231. The fourth-order valence-electron chi connectivity index (χ4n) is 0.763. The van der Waals surface area contributed by atoms with E-state index in [4.69, 9.17) is 5.11 Å². The first-order chi connectivity index (χ1) is 7.16. The number of hydrogen-bond acceptors (Lipinski definition) is 4. The van der Waals surface area contributed by atoms with Crippen molar-refractivity contribution in [2.75, 3.05) is 26.2 Å². The van der Waals surface area contributed by atoms with Crippen LogP contribution in [0.15, 0.2) is 0 Å². The molecule has 1 amide bonds. The SMILES string of the molecule is CC(O)(CO)CNCC(=O)NCC(F)(F)F. The zero-order valence-corrected chi connectivity index (χ0v) is 8.76. The van der Waals surface area contributed by atoms with Gasteiger partial charge >= 0.3 is 6.18 Å². The molecule has 0 radical (unpaired) electrons. The number of aliphatic hydroxyl groups excluding tert-OH is 1. The molecule has 0 saturated heterocycles. The number of hydrogen-bond donors (Lipinski definition) is 4. The van der Waals surface area contributed by atoms with Gasteiger partial charge in [0.15, 0.2) is 0 Å². The van der Waals surface area contributed by atoms with Gasteiger partial charge in [-0.3, -0.25) is 4.79 Å². The van der Waals surface area contributed by atoms with Crippen molar-refractivity contribution in [3.8, 4) is 0 Å². The Labute approximate surface area is 90.6 Å². The Hall–Kier alpha value is -0.860. The van der Waals surface area contributed by atoms with Crippen molar-refractivity contribution in [2.45, 2.75) is 18.7 Å². The van der Waals surface area contributed by atoms with Crippen LogP contribution in [0, 0.1) is 0 Å². The maximum absolute atomic E-state index is 11.7. The lowest BCUT2D eigenvalue weighted by Gasteiger charge is -2.20. The van der Waals surface area contributed by atoms with Crippen LogP contribution in [0.2, 0.25) is 0 Å². The first kappa shape index (κ1) is 15.1. The molecule has 0 bridgehead atoms. The molecule has 1 atom stereocenters. The van der Waals surface area contributed by atoms with Gasteiger partial charge in [-0.2, -0.15) is 13.2 Å². The van der Waals surface area contributed by atoms with E-state index < -0.39 is 30.8 Å². The van der Waals surface area contributed by atoms with E-state index >= 15 is 0 Å². The zero-order chi connectivity index (χ0) is 12.8. The number of rotatable bonds is 6. The Balaban J connectivity index is 3.67. The maximum Gasteiger partial charge on any atom is 0.405 e. The molecule has 0 aliphatic heterocycles. The highest BCUT2D eigenvalue weighted by atomic mass is 19.4. The van der Waals surface area contributed by atoms with Gasteiger partial charge < -0.3 is 20.8 Å². The summed E-state index contributed by atoms with van der Waals surface area (Å²) in [7, 11) is 0. The number of alkyl halides is 3. The van der Waals surface area contributed by atoms with Gasteiger partial charge in [0, 0.05) is 6.54 Å². The molecule has 0 spiro atoms. The van der Waals surface area contributed by atoms with E-state index in [0.717, 1.165) is 0 Å². The molecule has 5 nitrogen and oxygen atoms in total. The molecule has 0 fully saturated rings. The van der Waals surface area contributed by atoms with Crippen molar-refractivity contribution in [3.05, 3.63) is 0 Å². The van der Waals surface area contributed by atoms with Crippen LogP contribution < -0.4 is 10.6 Å². The van der Waals surface area contributed by atoms with E-state index in [-0.39, 0.29) is 13.1 Å².